The highest BCUT2D eigenvalue weighted by Gasteiger charge is 2.06. The third-order valence-corrected chi connectivity index (χ3v) is 4.84. The number of benzene rings is 2. The van der Waals surface area contributed by atoms with Gasteiger partial charge in [0, 0.05) is 22.7 Å². The minimum Gasteiger partial charge on any atom is -0.504 e. The van der Waals surface area contributed by atoms with Gasteiger partial charge in [0.05, 0.1) is 6.21 Å². The summed E-state index contributed by atoms with van der Waals surface area (Å²) in [6, 6.07) is 13.4. The van der Waals surface area contributed by atoms with Gasteiger partial charge in [-0.2, -0.15) is 5.10 Å². The first-order valence-corrected chi connectivity index (χ1v) is 9.78. The summed E-state index contributed by atoms with van der Waals surface area (Å²) in [5.41, 5.74) is 6.39. The van der Waals surface area contributed by atoms with Crippen LogP contribution in [-0.4, -0.2) is 32.3 Å². The third-order valence-electron chi connectivity index (χ3n) is 3.93. The number of carbonyl (C=O) groups excluding carboxylic acids is 1. The minimum absolute atomic E-state index is 0.214. The molecule has 0 aliphatic rings. The topological polar surface area (TPSA) is 108 Å². The van der Waals surface area contributed by atoms with Crippen molar-refractivity contribution in [2.75, 3.05) is 0 Å². The number of aromatic hydroxyl groups is 2. The number of carbonyl (C=O) groups is 1. The van der Waals surface area contributed by atoms with Gasteiger partial charge in [0.1, 0.15) is 0 Å². The fourth-order valence-electron chi connectivity index (χ4n) is 2.51. The number of aromatic nitrogens is 2. The molecule has 0 atom stereocenters. The van der Waals surface area contributed by atoms with Gasteiger partial charge in [-0.25, -0.2) is 15.4 Å². The second kappa shape index (κ2) is 9.20. The molecule has 1 heterocycles. The van der Waals surface area contributed by atoms with E-state index >= 15 is 0 Å². The second-order valence-electron chi connectivity index (χ2n) is 6.37. The van der Waals surface area contributed by atoms with E-state index in [1.54, 1.807) is 30.0 Å². The van der Waals surface area contributed by atoms with Crippen LogP contribution in [0, 0.1) is 13.8 Å². The average molecular weight is 408 g/mol. The van der Waals surface area contributed by atoms with Crippen molar-refractivity contribution in [3.8, 4) is 11.5 Å². The summed E-state index contributed by atoms with van der Waals surface area (Å²) >= 11 is 1.55. The van der Waals surface area contributed by atoms with Gasteiger partial charge in [-0.05, 0) is 61.4 Å². The number of rotatable bonds is 6. The lowest BCUT2D eigenvalue weighted by Gasteiger charge is -2.05. The summed E-state index contributed by atoms with van der Waals surface area (Å²) in [6.07, 6.45) is 1.38. The first-order chi connectivity index (χ1) is 13.9. The van der Waals surface area contributed by atoms with Crippen LogP contribution in [0.2, 0.25) is 0 Å². The molecule has 0 fully saturated rings. The summed E-state index contributed by atoms with van der Waals surface area (Å²) in [5.74, 6) is -0.109. The molecular formula is C21H20N4O3S. The summed E-state index contributed by atoms with van der Waals surface area (Å²) in [7, 11) is 0. The standard InChI is InChI=1S/C21H20N4O3S/c1-13-9-14(2)24-21(23-13)29-12-15-3-6-17(7-4-15)20(28)25-22-11-16-5-8-18(26)19(27)10-16/h3-11,26-27H,12H2,1-2H3,(H,25,28)/b22-11+. The van der Waals surface area contributed by atoms with E-state index in [4.69, 9.17) is 0 Å². The van der Waals surface area contributed by atoms with Crippen LogP contribution < -0.4 is 5.43 Å². The van der Waals surface area contributed by atoms with E-state index < -0.39 is 0 Å². The van der Waals surface area contributed by atoms with Crippen LogP contribution >= 0.6 is 11.8 Å². The largest absolute Gasteiger partial charge is 0.504 e. The van der Waals surface area contributed by atoms with E-state index in [-0.39, 0.29) is 17.4 Å². The number of amides is 1. The number of hydrogen-bond acceptors (Lipinski definition) is 7. The van der Waals surface area contributed by atoms with Gasteiger partial charge in [-0.15, -0.1) is 0 Å². The summed E-state index contributed by atoms with van der Waals surface area (Å²) < 4.78 is 0. The zero-order valence-corrected chi connectivity index (χ0v) is 16.8. The highest BCUT2D eigenvalue weighted by Crippen LogP contribution is 2.24. The summed E-state index contributed by atoms with van der Waals surface area (Å²) in [6.45, 7) is 3.89. The maximum absolute atomic E-state index is 12.2. The lowest BCUT2D eigenvalue weighted by Crippen LogP contribution is -2.17. The van der Waals surface area contributed by atoms with E-state index in [0.29, 0.717) is 16.9 Å². The van der Waals surface area contributed by atoms with Crippen LogP contribution in [0.1, 0.15) is 32.9 Å². The van der Waals surface area contributed by atoms with Crippen molar-refractivity contribution >= 4 is 23.9 Å². The number of nitrogens with one attached hydrogen (secondary N) is 1. The first kappa shape index (κ1) is 20.3. The molecule has 1 amide bonds. The van der Waals surface area contributed by atoms with Gasteiger partial charge in [0.2, 0.25) is 0 Å². The van der Waals surface area contributed by atoms with Crippen molar-refractivity contribution in [2.45, 2.75) is 24.8 Å². The Labute approximate surface area is 172 Å². The van der Waals surface area contributed by atoms with Gasteiger partial charge < -0.3 is 10.2 Å². The highest BCUT2D eigenvalue weighted by atomic mass is 32.2. The van der Waals surface area contributed by atoms with Crippen LogP contribution in [0.5, 0.6) is 11.5 Å². The van der Waals surface area contributed by atoms with Crippen LogP contribution in [0.15, 0.2) is 58.8 Å². The Bertz CT molecular complexity index is 1030. The number of thioether (sulfide) groups is 1. The zero-order valence-electron chi connectivity index (χ0n) is 16.0. The molecule has 3 N–H and O–H groups in total. The van der Waals surface area contributed by atoms with Gasteiger partial charge in [-0.1, -0.05) is 23.9 Å². The molecule has 0 spiro atoms. The number of phenols is 2. The van der Waals surface area contributed by atoms with E-state index in [1.165, 1.54) is 18.3 Å². The fraction of sp³-hybridized carbons (Fsp3) is 0.143. The van der Waals surface area contributed by atoms with Gasteiger partial charge in [0.25, 0.3) is 5.91 Å². The minimum atomic E-state index is -0.346. The lowest BCUT2D eigenvalue weighted by atomic mass is 10.1. The Hall–Kier alpha value is -3.39. The smallest absolute Gasteiger partial charge is 0.271 e. The molecule has 0 unspecified atom stereocenters. The Morgan fingerprint density at radius 3 is 2.38 bits per heavy atom. The van der Waals surface area contributed by atoms with Crippen LogP contribution in [-0.2, 0) is 5.75 Å². The number of aryl methyl sites for hydroxylation is 2. The van der Waals surface area contributed by atoms with Crippen molar-refractivity contribution in [1.82, 2.24) is 15.4 Å². The molecule has 0 saturated carbocycles. The maximum Gasteiger partial charge on any atom is 0.271 e. The van der Waals surface area contributed by atoms with E-state index in [1.807, 2.05) is 32.0 Å². The Balaban J connectivity index is 1.55. The Morgan fingerprint density at radius 1 is 1.03 bits per heavy atom. The van der Waals surface area contributed by atoms with Crippen LogP contribution in [0.4, 0.5) is 0 Å². The molecular weight excluding hydrogens is 388 g/mol. The molecule has 3 rings (SSSR count). The molecule has 0 aliphatic carbocycles. The molecule has 0 aliphatic heterocycles. The monoisotopic (exact) mass is 408 g/mol. The number of hydrogen-bond donors (Lipinski definition) is 3. The van der Waals surface area contributed by atoms with Gasteiger partial charge >= 0.3 is 0 Å². The SMILES string of the molecule is Cc1cc(C)nc(SCc2ccc(C(=O)N/N=C/c3ccc(O)c(O)c3)cc2)n1. The molecule has 148 valence electrons. The molecule has 7 nitrogen and oxygen atoms in total. The fourth-order valence-corrected chi connectivity index (χ4v) is 3.41. The number of phenolic OH excluding ortho intramolecular Hbond substituents is 2. The molecule has 0 saturated heterocycles. The molecule has 8 heteroatoms. The normalized spacial score (nSPS) is 11.0. The van der Waals surface area contributed by atoms with E-state index in [9.17, 15) is 15.0 Å². The highest BCUT2D eigenvalue weighted by molar-refractivity contribution is 7.98. The van der Waals surface area contributed by atoms with Gasteiger partial charge in [-0.3, -0.25) is 4.79 Å². The van der Waals surface area contributed by atoms with Crippen LogP contribution in [0.3, 0.4) is 0 Å². The summed E-state index contributed by atoms with van der Waals surface area (Å²) in [4.78, 5) is 21.0. The van der Waals surface area contributed by atoms with E-state index in [0.717, 1.165) is 22.1 Å². The lowest BCUT2D eigenvalue weighted by molar-refractivity contribution is 0.0955. The average Bonchev–Trinajstić information content (AvgIpc) is 2.69. The van der Waals surface area contributed by atoms with Crippen LogP contribution in [0.25, 0.3) is 0 Å². The van der Waals surface area contributed by atoms with Crippen molar-refractivity contribution in [2.24, 2.45) is 5.10 Å². The predicted octanol–water partition coefficient (Wildman–Crippen LogP) is 3.56. The van der Waals surface area contributed by atoms with Crippen molar-refractivity contribution < 1.29 is 15.0 Å². The molecule has 0 bridgehead atoms. The first-order valence-electron chi connectivity index (χ1n) is 8.80. The quantitative estimate of drug-likeness (QED) is 0.189. The molecule has 29 heavy (non-hydrogen) atoms. The molecule has 1 aromatic heterocycles. The number of nitrogens with zero attached hydrogens (tertiary/aromatic N) is 3. The third kappa shape index (κ3) is 5.79. The molecule has 3 aromatic rings. The zero-order chi connectivity index (χ0) is 20.8. The Kier molecular flexibility index (Phi) is 6.46. The predicted molar refractivity (Wildman–Crippen MR) is 112 cm³/mol. The van der Waals surface area contributed by atoms with E-state index in [2.05, 4.69) is 20.5 Å². The number of hydrazone groups is 1. The van der Waals surface area contributed by atoms with Crippen molar-refractivity contribution in [1.29, 1.82) is 0 Å². The maximum atomic E-state index is 12.2. The summed E-state index contributed by atoms with van der Waals surface area (Å²) in [5, 5.41) is 23.3. The molecule has 0 radical (unpaired) electrons. The van der Waals surface area contributed by atoms with Crippen molar-refractivity contribution in [3.05, 3.63) is 76.6 Å². The van der Waals surface area contributed by atoms with Gasteiger partial charge in [0.15, 0.2) is 16.7 Å². The Morgan fingerprint density at radius 2 is 1.72 bits per heavy atom. The second-order valence-corrected chi connectivity index (χ2v) is 7.31. The van der Waals surface area contributed by atoms with Crippen molar-refractivity contribution in [3.63, 3.8) is 0 Å². The molecule has 2 aromatic carbocycles.